The van der Waals surface area contributed by atoms with Gasteiger partial charge >= 0.3 is 0 Å². The van der Waals surface area contributed by atoms with E-state index in [0.717, 1.165) is 11.3 Å². The second-order valence-electron chi connectivity index (χ2n) is 6.46. The van der Waals surface area contributed by atoms with Crippen molar-refractivity contribution in [1.29, 1.82) is 0 Å². The largest absolute Gasteiger partial charge is 0.497 e. The molecule has 1 aliphatic heterocycles. The van der Waals surface area contributed by atoms with Gasteiger partial charge in [-0.1, -0.05) is 35.3 Å². The molecule has 1 aliphatic rings. The van der Waals surface area contributed by atoms with Gasteiger partial charge in [0.15, 0.2) is 0 Å². The molecule has 0 fully saturated rings. The van der Waals surface area contributed by atoms with Crippen LogP contribution >= 0.6 is 23.2 Å². The van der Waals surface area contributed by atoms with Crippen LogP contribution in [0.1, 0.15) is 12.5 Å². The monoisotopic (exact) mass is 430 g/mol. The van der Waals surface area contributed by atoms with Gasteiger partial charge in [-0.25, -0.2) is 4.68 Å². The Kier molecular flexibility index (Phi) is 5.17. The third-order valence-corrected chi connectivity index (χ3v) is 5.17. The summed E-state index contributed by atoms with van der Waals surface area (Å²) in [6.45, 7) is 0. The molecule has 0 spiro atoms. The highest BCUT2D eigenvalue weighted by Crippen LogP contribution is 2.35. The molecule has 0 aliphatic carbocycles. The lowest BCUT2D eigenvalue weighted by Gasteiger charge is -2.24. The maximum Gasteiger partial charge on any atom is 0.249 e. The zero-order valence-electron chi connectivity index (χ0n) is 15.3. The fourth-order valence-electron chi connectivity index (χ4n) is 3.16. The smallest absolute Gasteiger partial charge is 0.249 e. The number of hydrogen-bond donors (Lipinski definition) is 2. The molecule has 2 amide bonds. The highest BCUT2D eigenvalue weighted by atomic mass is 35.5. The van der Waals surface area contributed by atoms with Gasteiger partial charge < -0.3 is 15.4 Å². The van der Waals surface area contributed by atoms with Crippen molar-refractivity contribution in [2.75, 3.05) is 17.7 Å². The van der Waals surface area contributed by atoms with Crippen molar-refractivity contribution in [2.24, 2.45) is 0 Å². The predicted octanol–water partition coefficient (Wildman–Crippen LogP) is 4.39. The number of aromatic nitrogens is 2. The molecule has 0 radical (unpaired) electrons. The van der Waals surface area contributed by atoms with Crippen LogP contribution in [0.25, 0.3) is 11.1 Å². The second-order valence-corrected chi connectivity index (χ2v) is 7.31. The topological polar surface area (TPSA) is 85.2 Å². The zero-order valence-corrected chi connectivity index (χ0v) is 16.8. The van der Waals surface area contributed by atoms with E-state index in [1.54, 1.807) is 25.4 Å². The van der Waals surface area contributed by atoms with Crippen LogP contribution in [-0.2, 0) is 9.59 Å². The van der Waals surface area contributed by atoms with Crippen molar-refractivity contribution >= 4 is 46.5 Å². The number of ether oxygens (including phenoxy) is 1. The zero-order chi connectivity index (χ0) is 20.5. The van der Waals surface area contributed by atoms with Gasteiger partial charge in [-0.05, 0) is 35.9 Å². The molecule has 7 nitrogen and oxygen atoms in total. The molecule has 29 heavy (non-hydrogen) atoms. The average Bonchev–Trinajstić information content (AvgIpc) is 3.13. The molecule has 3 aromatic rings. The number of amides is 2. The van der Waals surface area contributed by atoms with Crippen LogP contribution in [0.15, 0.2) is 48.7 Å². The standard InChI is InChI=1S/C20H16Cl2N4O3/c1-29-13-5-2-11(3-6-13)14-10-23-26-17(9-18(27)25-19(14)26)20(28)24-16-7-4-12(21)8-15(16)22/h2-8,10,17H,9H2,1H3,(H,24,28)(H,25,27). The lowest BCUT2D eigenvalue weighted by atomic mass is 10.1. The number of nitrogens with one attached hydrogen (secondary N) is 2. The van der Waals surface area contributed by atoms with Crippen LogP contribution in [-0.4, -0.2) is 28.7 Å². The molecular formula is C20H16Cl2N4O3. The van der Waals surface area contributed by atoms with Crippen LogP contribution < -0.4 is 15.4 Å². The molecule has 1 unspecified atom stereocenters. The molecule has 2 aromatic carbocycles. The van der Waals surface area contributed by atoms with Crippen LogP contribution in [0.4, 0.5) is 11.5 Å². The first-order chi connectivity index (χ1) is 14.0. The van der Waals surface area contributed by atoms with Gasteiger partial charge in [0.05, 0.1) is 30.4 Å². The van der Waals surface area contributed by atoms with Gasteiger partial charge in [0, 0.05) is 10.6 Å². The minimum absolute atomic E-state index is 0.0340. The number of nitrogens with zero attached hydrogens (tertiary/aromatic N) is 2. The number of rotatable bonds is 4. The number of carbonyl (C=O) groups excluding carboxylic acids is 2. The SMILES string of the molecule is COc1ccc(-c2cnn3c2NC(=O)CC3C(=O)Nc2ccc(Cl)cc2Cl)cc1. The number of fused-ring (bicyclic) bond motifs is 1. The third kappa shape index (κ3) is 3.79. The van der Waals surface area contributed by atoms with Gasteiger partial charge in [0.1, 0.15) is 17.6 Å². The lowest BCUT2D eigenvalue weighted by Crippen LogP contribution is -2.35. The minimum atomic E-state index is -0.808. The molecule has 148 valence electrons. The summed E-state index contributed by atoms with van der Waals surface area (Å²) in [5.41, 5.74) is 1.97. The number of benzene rings is 2. The molecule has 0 bridgehead atoms. The summed E-state index contributed by atoms with van der Waals surface area (Å²) < 4.78 is 6.69. The maximum atomic E-state index is 12.9. The quantitative estimate of drug-likeness (QED) is 0.642. The fraction of sp³-hybridized carbons (Fsp3) is 0.150. The number of methoxy groups -OCH3 is 1. The van der Waals surface area contributed by atoms with Crippen molar-refractivity contribution in [3.05, 3.63) is 58.7 Å². The number of hydrogen-bond acceptors (Lipinski definition) is 4. The predicted molar refractivity (Wildman–Crippen MR) is 112 cm³/mol. The first kappa shape index (κ1) is 19.3. The third-order valence-electron chi connectivity index (χ3n) is 4.62. The number of anilines is 2. The van der Waals surface area contributed by atoms with E-state index in [1.807, 2.05) is 24.3 Å². The summed E-state index contributed by atoms with van der Waals surface area (Å²) in [5, 5.41) is 10.7. The second kappa shape index (κ2) is 7.77. The molecule has 1 aromatic heterocycles. The van der Waals surface area contributed by atoms with Crippen molar-refractivity contribution in [3.63, 3.8) is 0 Å². The molecule has 4 rings (SSSR count). The Labute approximate surface area is 176 Å². The van der Waals surface area contributed by atoms with Crippen molar-refractivity contribution < 1.29 is 14.3 Å². The lowest BCUT2D eigenvalue weighted by molar-refractivity contribution is -0.125. The summed E-state index contributed by atoms with van der Waals surface area (Å²) >= 11 is 12.0. The highest BCUT2D eigenvalue weighted by Gasteiger charge is 2.33. The minimum Gasteiger partial charge on any atom is -0.497 e. The number of carbonyl (C=O) groups is 2. The van der Waals surface area contributed by atoms with E-state index in [1.165, 1.54) is 10.7 Å². The van der Waals surface area contributed by atoms with E-state index in [2.05, 4.69) is 15.7 Å². The Morgan fingerprint density at radius 1 is 1.24 bits per heavy atom. The van der Waals surface area contributed by atoms with E-state index in [-0.39, 0.29) is 12.3 Å². The Bertz CT molecular complexity index is 1100. The molecule has 0 saturated heterocycles. The summed E-state index contributed by atoms with van der Waals surface area (Å²) in [6.07, 6.45) is 1.59. The molecular weight excluding hydrogens is 415 g/mol. The summed E-state index contributed by atoms with van der Waals surface area (Å²) in [6, 6.07) is 11.3. The van der Waals surface area contributed by atoms with E-state index in [9.17, 15) is 9.59 Å². The first-order valence-electron chi connectivity index (χ1n) is 8.74. The Balaban J connectivity index is 1.65. The first-order valence-corrected chi connectivity index (χ1v) is 9.49. The molecule has 2 N–H and O–H groups in total. The van der Waals surface area contributed by atoms with Gasteiger partial charge in [0.25, 0.3) is 0 Å². The van der Waals surface area contributed by atoms with E-state index in [0.29, 0.717) is 27.1 Å². The summed E-state index contributed by atoms with van der Waals surface area (Å²) in [4.78, 5) is 25.2. The Hall–Kier alpha value is -3.03. The molecule has 2 heterocycles. The van der Waals surface area contributed by atoms with Gasteiger partial charge in [-0.3, -0.25) is 9.59 Å². The molecule has 1 atom stereocenters. The fourth-order valence-corrected chi connectivity index (χ4v) is 3.62. The summed E-state index contributed by atoms with van der Waals surface area (Å²) in [7, 11) is 1.59. The van der Waals surface area contributed by atoms with Crippen LogP contribution in [0.3, 0.4) is 0 Å². The van der Waals surface area contributed by atoms with Crippen LogP contribution in [0, 0.1) is 0 Å². The van der Waals surface area contributed by atoms with Gasteiger partial charge in [0.2, 0.25) is 11.8 Å². The molecule has 0 saturated carbocycles. The van der Waals surface area contributed by atoms with Crippen molar-refractivity contribution in [3.8, 4) is 16.9 Å². The van der Waals surface area contributed by atoms with Crippen LogP contribution in [0.5, 0.6) is 5.75 Å². The van der Waals surface area contributed by atoms with Gasteiger partial charge in [-0.15, -0.1) is 0 Å². The van der Waals surface area contributed by atoms with E-state index >= 15 is 0 Å². The normalized spacial score (nSPS) is 15.4. The van der Waals surface area contributed by atoms with E-state index < -0.39 is 11.9 Å². The van der Waals surface area contributed by atoms with Crippen LogP contribution in [0.2, 0.25) is 10.0 Å². The van der Waals surface area contributed by atoms with E-state index in [4.69, 9.17) is 27.9 Å². The van der Waals surface area contributed by atoms with Crippen molar-refractivity contribution in [1.82, 2.24) is 9.78 Å². The summed E-state index contributed by atoms with van der Waals surface area (Å²) in [5.74, 6) is 0.523. The maximum absolute atomic E-state index is 12.9. The van der Waals surface area contributed by atoms with Crippen molar-refractivity contribution in [2.45, 2.75) is 12.5 Å². The Morgan fingerprint density at radius 3 is 2.69 bits per heavy atom. The average molecular weight is 431 g/mol. The van der Waals surface area contributed by atoms with Gasteiger partial charge in [-0.2, -0.15) is 5.10 Å². The molecule has 9 heteroatoms. The highest BCUT2D eigenvalue weighted by molar-refractivity contribution is 6.36. The Morgan fingerprint density at radius 2 is 2.00 bits per heavy atom. The number of halogens is 2.